The molecule has 0 N–H and O–H groups in total. The van der Waals surface area contributed by atoms with E-state index in [1.54, 1.807) is 0 Å². The molecular formula is C19H19NO4. The van der Waals surface area contributed by atoms with Crippen LogP contribution in [0.5, 0.6) is 0 Å². The van der Waals surface area contributed by atoms with E-state index in [2.05, 4.69) is 0 Å². The van der Waals surface area contributed by atoms with Crippen LogP contribution in [0.2, 0.25) is 0 Å². The predicted octanol–water partition coefficient (Wildman–Crippen LogP) is 2.92. The topological polar surface area (TPSA) is 63.7 Å². The number of nitrogens with zero attached hydrogens (tertiary/aromatic N) is 1. The highest BCUT2D eigenvalue weighted by Gasteiger charge is 2.22. The normalized spacial score (nSPS) is 15.2. The van der Waals surface area contributed by atoms with Gasteiger partial charge in [0.1, 0.15) is 5.76 Å². The summed E-state index contributed by atoms with van der Waals surface area (Å²) in [4.78, 5) is 35.8. The summed E-state index contributed by atoms with van der Waals surface area (Å²) in [5.74, 6) is -0.0470. The van der Waals surface area contributed by atoms with E-state index in [4.69, 9.17) is 4.74 Å². The first-order chi connectivity index (χ1) is 11.6. The van der Waals surface area contributed by atoms with Crippen molar-refractivity contribution in [1.29, 1.82) is 0 Å². The molecule has 1 aliphatic heterocycles. The number of imide groups is 1. The van der Waals surface area contributed by atoms with E-state index in [9.17, 15) is 14.4 Å². The van der Waals surface area contributed by atoms with Crippen molar-refractivity contribution >= 4 is 29.6 Å². The Hall–Kier alpha value is -2.69. The summed E-state index contributed by atoms with van der Waals surface area (Å²) in [7, 11) is 0. The van der Waals surface area contributed by atoms with Gasteiger partial charge in [-0.2, -0.15) is 0 Å². The van der Waals surface area contributed by atoms with E-state index in [0.717, 1.165) is 36.8 Å². The number of rotatable bonds is 8. The maximum Gasteiger partial charge on any atom is 0.311 e. The van der Waals surface area contributed by atoms with Crippen LogP contribution in [0, 0.1) is 0 Å². The number of ether oxygens (including phenoxy) is 1. The number of hydrogen-bond acceptors (Lipinski definition) is 4. The lowest BCUT2D eigenvalue weighted by Gasteiger charge is -2.18. The SMILES string of the molecule is O=C(CCCCCCN1C(=O)C=CC1=O)OC1=Cc2ccccc21. The maximum atomic E-state index is 11.8. The van der Waals surface area contributed by atoms with Gasteiger partial charge in [0.15, 0.2) is 0 Å². The molecule has 0 aromatic heterocycles. The van der Waals surface area contributed by atoms with Crippen molar-refractivity contribution in [3.8, 4) is 0 Å². The summed E-state index contributed by atoms with van der Waals surface area (Å²) in [5, 5.41) is 0. The fourth-order valence-corrected chi connectivity index (χ4v) is 2.79. The highest BCUT2D eigenvalue weighted by Crippen LogP contribution is 2.33. The molecule has 0 unspecified atom stereocenters. The van der Waals surface area contributed by atoms with Crippen LogP contribution < -0.4 is 0 Å². The Morgan fingerprint density at radius 1 is 0.958 bits per heavy atom. The van der Waals surface area contributed by atoms with Crippen molar-refractivity contribution in [1.82, 2.24) is 4.90 Å². The lowest BCUT2D eigenvalue weighted by atomic mass is 9.96. The van der Waals surface area contributed by atoms with Gasteiger partial charge >= 0.3 is 5.97 Å². The van der Waals surface area contributed by atoms with Gasteiger partial charge in [-0.25, -0.2) is 0 Å². The Labute approximate surface area is 140 Å². The Bertz CT molecular complexity index is 715. The van der Waals surface area contributed by atoms with Crippen molar-refractivity contribution in [2.75, 3.05) is 6.54 Å². The largest absolute Gasteiger partial charge is 0.426 e. The minimum Gasteiger partial charge on any atom is -0.426 e. The Morgan fingerprint density at radius 2 is 1.67 bits per heavy atom. The van der Waals surface area contributed by atoms with Crippen LogP contribution in [0.4, 0.5) is 0 Å². The van der Waals surface area contributed by atoms with Gasteiger partial charge < -0.3 is 4.74 Å². The van der Waals surface area contributed by atoms with E-state index < -0.39 is 0 Å². The number of benzene rings is 1. The molecule has 24 heavy (non-hydrogen) atoms. The fourth-order valence-electron chi connectivity index (χ4n) is 2.79. The number of unbranched alkanes of at least 4 members (excludes halogenated alkanes) is 3. The third-order valence-corrected chi connectivity index (χ3v) is 4.15. The van der Waals surface area contributed by atoms with Crippen LogP contribution in [0.1, 0.15) is 43.2 Å². The molecule has 0 saturated carbocycles. The molecular weight excluding hydrogens is 306 g/mol. The Balaban J connectivity index is 1.27. The van der Waals surface area contributed by atoms with Gasteiger partial charge in [0.05, 0.1) is 0 Å². The van der Waals surface area contributed by atoms with Gasteiger partial charge in [0.25, 0.3) is 11.8 Å². The first-order valence-electron chi connectivity index (χ1n) is 8.20. The van der Waals surface area contributed by atoms with Crippen LogP contribution in [-0.2, 0) is 19.1 Å². The lowest BCUT2D eigenvalue weighted by Crippen LogP contribution is -2.30. The fraction of sp³-hybridized carbons (Fsp3) is 0.316. The lowest BCUT2D eigenvalue weighted by molar-refractivity contribution is -0.137. The standard InChI is InChI=1S/C19H19NO4/c21-17-10-11-18(22)20(17)12-6-2-1-3-9-19(23)24-16-13-14-7-4-5-8-15(14)16/h4-5,7-8,10-11,13H,1-3,6,9,12H2. The van der Waals surface area contributed by atoms with Crippen LogP contribution in [0.15, 0.2) is 36.4 Å². The summed E-state index contributed by atoms with van der Waals surface area (Å²) >= 11 is 0. The highest BCUT2D eigenvalue weighted by atomic mass is 16.5. The van der Waals surface area contributed by atoms with Crippen molar-refractivity contribution < 1.29 is 19.1 Å². The number of hydrogen-bond donors (Lipinski definition) is 0. The molecule has 0 atom stereocenters. The molecule has 0 fully saturated rings. The van der Waals surface area contributed by atoms with Crippen LogP contribution in [0.3, 0.4) is 0 Å². The monoisotopic (exact) mass is 325 g/mol. The highest BCUT2D eigenvalue weighted by molar-refractivity contribution is 6.12. The smallest absolute Gasteiger partial charge is 0.311 e. The average Bonchev–Trinajstić information content (AvgIpc) is 2.87. The van der Waals surface area contributed by atoms with Gasteiger partial charge in [-0.1, -0.05) is 37.1 Å². The Morgan fingerprint density at radius 3 is 2.42 bits per heavy atom. The molecule has 0 radical (unpaired) electrons. The number of amides is 2. The molecule has 124 valence electrons. The number of carbonyl (C=O) groups is 3. The van der Waals surface area contributed by atoms with Crippen LogP contribution >= 0.6 is 0 Å². The zero-order chi connectivity index (χ0) is 16.9. The molecule has 0 saturated heterocycles. The third kappa shape index (κ3) is 3.62. The van der Waals surface area contributed by atoms with Crippen molar-refractivity contribution in [3.05, 3.63) is 47.5 Å². The molecule has 5 nitrogen and oxygen atoms in total. The van der Waals surface area contributed by atoms with E-state index in [0.29, 0.717) is 18.7 Å². The van der Waals surface area contributed by atoms with Gasteiger partial charge in [-0.05, 0) is 24.5 Å². The van der Waals surface area contributed by atoms with Crippen LogP contribution in [-0.4, -0.2) is 29.2 Å². The molecule has 5 heteroatoms. The second kappa shape index (κ2) is 7.25. The summed E-state index contributed by atoms with van der Waals surface area (Å²) in [6.45, 7) is 0.443. The third-order valence-electron chi connectivity index (χ3n) is 4.15. The van der Waals surface area contributed by atoms with Crippen molar-refractivity contribution in [3.63, 3.8) is 0 Å². The van der Waals surface area contributed by atoms with E-state index >= 15 is 0 Å². The molecule has 1 aromatic rings. The van der Waals surface area contributed by atoms with E-state index in [-0.39, 0.29) is 17.8 Å². The summed E-state index contributed by atoms with van der Waals surface area (Å²) < 4.78 is 5.35. The van der Waals surface area contributed by atoms with Gasteiger partial charge in [0.2, 0.25) is 0 Å². The second-order valence-electron chi connectivity index (χ2n) is 5.90. The van der Waals surface area contributed by atoms with Crippen molar-refractivity contribution in [2.24, 2.45) is 0 Å². The minimum absolute atomic E-state index is 0.218. The van der Waals surface area contributed by atoms with E-state index in [1.807, 2.05) is 30.3 Å². The molecule has 1 heterocycles. The molecule has 0 bridgehead atoms. The van der Waals surface area contributed by atoms with E-state index in [1.165, 1.54) is 17.1 Å². The molecule has 3 rings (SSSR count). The predicted molar refractivity (Wildman–Crippen MR) is 89.4 cm³/mol. The maximum absolute atomic E-state index is 11.8. The van der Waals surface area contributed by atoms with Crippen LogP contribution in [0.25, 0.3) is 11.8 Å². The first kappa shape index (κ1) is 16.2. The molecule has 2 aliphatic rings. The first-order valence-corrected chi connectivity index (χ1v) is 8.20. The number of carbonyl (C=O) groups excluding carboxylic acids is 3. The van der Waals surface area contributed by atoms with Gasteiger partial charge in [0, 0.05) is 30.7 Å². The molecule has 1 aliphatic carbocycles. The van der Waals surface area contributed by atoms with Gasteiger partial charge in [-0.15, -0.1) is 0 Å². The number of esters is 1. The summed E-state index contributed by atoms with van der Waals surface area (Å²) in [6, 6.07) is 7.80. The second-order valence-corrected chi connectivity index (χ2v) is 5.90. The average molecular weight is 325 g/mol. The minimum atomic E-state index is -0.238. The summed E-state index contributed by atoms with van der Waals surface area (Å²) in [6.07, 6.45) is 8.08. The molecule has 0 spiro atoms. The van der Waals surface area contributed by atoms with Crippen molar-refractivity contribution in [2.45, 2.75) is 32.1 Å². The quantitative estimate of drug-likeness (QED) is 0.419. The summed E-state index contributed by atoms with van der Waals surface area (Å²) in [5.41, 5.74) is 2.08. The molecule has 2 amide bonds. The Kier molecular flexibility index (Phi) is 4.89. The molecule has 1 aromatic carbocycles. The number of fused-ring (bicyclic) bond motifs is 1. The van der Waals surface area contributed by atoms with Gasteiger partial charge in [-0.3, -0.25) is 19.3 Å². The zero-order valence-electron chi connectivity index (χ0n) is 13.4. The zero-order valence-corrected chi connectivity index (χ0v) is 13.4.